The monoisotopic (exact) mass is 559 g/mol. The molecule has 44 heavy (non-hydrogen) atoms. The van der Waals surface area contributed by atoms with Crippen LogP contribution in [0.3, 0.4) is 0 Å². The molecule has 0 saturated carbocycles. The number of para-hydroxylation sites is 1. The molecule has 0 saturated heterocycles. The number of fused-ring (bicyclic) bond motifs is 9. The van der Waals surface area contributed by atoms with Gasteiger partial charge in [-0.25, -0.2) is 0 Å². The summed E-state index contributed by atoms with van der Waals surface area (Å²) in [7, 11) is 0. The van der Waals surface area contributed by atoms with Gasteiger partial charge in [0.25, 0.3) is 0 Å². The molecule has 10 aromatic rings. The second kappa shape index (κ2) is 8.82. The molecule has 2 nitrogen and oxygen atoms in total. The lowest BCUT2D eigenvalue weighted by Gasteiger charge is -2.18. The van der Waals surface area contributed by atoms with Gasteiger partial charge in [0.15, 0.2) is 0 Å². The van der Waals surface area contributed by atoms with E-state index in [-0.39, 0.29) is 0 Å². The molecule has 0 unspecified atom stereocenters. The fraction of sp³-hybridized carbons (Fsp3) is 0. The predicted octanol–water partition coefficient (Wildman–Crippen LogP) is 12.0. The molecule has 1 N–H and O–H groups in total. The molecule has 204 valence electrons. The van der Waals surface area contributed by atoms with Gasteiger partial charge in [-0.3, -0.25) is 0 Å². The van der Waals surface area contributed by atoms with Crippen LogP contribution < -0.4 is 0 Å². The third kappa shape index (κ3) is 3.31. The van der Waals surface area contributed by atoms with Gasteiger partial charge in [0.1, 0.15) is 11.2 Å². The number of nitrogens with one attached hydrogen (secondary N) is 1. The van der Waals surface area contributed by atoms with Crippen LogP contribution in [0.25, 0.3) is 98.3 Å². The summed E-state index contributed by atoms with van der Waals surface area (Å²) < 4.78 is 6.18. The van der Waals surface area contributed by atoms with Gasteiger partial charge in [0, 0.05) is 32.6 Å². The average Bonchev–Trinajstić information content (AvgIpc) is 3.63. The number of hydrogen-bond donors (Lipinski definition) is 1. The third-order valence-corrected chi connectivity index (χ3v) is 9.35. The Hall–Kier alpha value is -5.86. The predicted molar refractivity (Wildman–Crippen MR) is 186 cm³/mol. The minimum absolute atomic E-state index is 0.917. The van der Waals surface area contributed by atoms with E-state index >= 15 is 0 Å². The minimum atomic E-state index is 0.917. The second-order valence-corrected chi connectivity index (χ2v) is 11.8. The lowest BCUT2D eigenvalue weighted by atomic mass is 9.85. The molecule has 2 heterocycles. The molecule has 0 amide bonds. The maximum Gasteiger partial charge on any atom is 0.135 e. The zero-order valence-electron chi connectivity index (χ0n) is 23.8. The van der Waals surface area contributed by atoms with E-state index in [0.717, 1.165) is 27.5 Å². The van der Waals surface area contributed by atoms with Crippen molar-refractivity contribution in [3.05, 3.63) is 146 Å². The van der Waals surface area contributed by atoms with Crippen molar-refractivity contribution in [2.75, 3.05) is 0 Å². The normalized spacial score (nSPS) is 12.1. The van der Waals surface area contributed by atoms with Crippen LogP contribution in [0.4, 0.5) is 0 Å². The van der Waals surface area contributed by atoms with E-state index in [0.29, 0.717) is 0 Å². The van der Waals surface area contributed by atoms with E-state index in [1.165, 1.54) is 70.9 Å². The van der Waals surface area contributed by atoms with Crippen molar-refractivity contribution >= 4 is 76.1 Å². The van der Waals surface area contributed by atoms with E-state index < -0.39 is 0 Å². The van der Waals surface area contributed by atoms with Crippen LogP contribution >= 0.6 is 0 Å². The van der Waals surface area contributed by atoms with Gasteiger partial charge in [0.2, 0.25) is 0 Å². The van der Waals surface area contributed by atoms with Gasteiger partial charge in [-0.2, -0.15) is 0 Å². The maximum atomic E-state index is 6.18. The van der Waals surface area contributed by atoms with Crippen LogP contribution in [0.15, 0.2) is 150 Å². The topological polar surface area (TPSA) is 28.9 Å². The SMILES string of the molecule is c1ccc2cc3c(cc2c1)[nH]c1ccc(-c2c4ccccc4c(-c4ccc5oc6ccccc6c5c4)c4ccccc24)cc13. The summed E-state index contributed by atoms with van der Waals surface area (Å²) in [6.45, 7) is 0. The van der Waals surface area contributed by atoms with E-state index in [1.54, 1.807) is 0 Å². The maximum absolute atomic E-state index is 6.18. The van der Waals surface area contributed by atoms with Crippen molar-refractivity contribution in [2.45, 2.75) is 0 Å². The number of furan rings is 1. The molecule has 0 radical (unpaired) electrons. The minimum Gasteiger partial charge on any atom is -0.456 e. The lowest BCUT2D eigenvalue weighted by molar-refractivity contribution is 0.669. The summed E-state index contributed by atoms with van der Waals surface area (Å²) in [5.74, 6) is 0. The van der Waals surface area contributed by atoms with Crippen LogP contribution in [0.1, 0.15) is 0 Å². The second-order valence-electron chi connectivity index (χ2n) is 11.8. The fourth-order valence-electron chi connectivity index (χ4n) is 7.38. The molecule has 0 atom stereocenters. The molecule has 0 aliphatic heterocycles. The van der Waals surface area contributed by atoms with Crippen LogP contribution in [0.5, 0.6) is 0 Å². The summed E-state index contributed by atoms with van der Waals surface area (Å²) in [4.78, 5) is 3.67. The van der Waals surface area contributed by atoms with Crippen molar-refractivity contribution in [1.82, 2.24) is 4.98 Å². The molecule has 10 rings (SSSR count). The summed E-state index contributed by atoms with van der Waals surface area (Å²) >= 11 is 0. The Morgan fingerprint density at radius 2 is 0.841 bits per heavy atom. The van der Waals surface area contributed by atoms with Crippen molar-refractivity contribution < 1.29 is 4.42 Å². The quantitative estimate of drug-likeness (QED) is 0.210. The van der Waals surface area contributed by atoms with Crippen LogP contribution in [0.2, 0.25) is 0 Å². The van der Waals surface area contributed by atoms with Gasteiger partial charge in [0.05, 0.1) is 0 Å². The highest BCUT2D eigenvalue weighted by molar-refractivity contribution is 6.23. The van der Waals surface area contributed by atoms with Crippen molar-refractivity contribution in [1.29, 1.82) is 0 Å². The Morgan fingerprint density at radius 1 is 0.341 bits per heavy atom. The van der Waals surface area contributed by atoms with Crippen LogP contribution in [-0.2, 0) is 0 Å². The van der Waals surface area contributed by atoms with Crippen molar-refractivity contribution in [3.8, 4) is 22.3 Å². The number of aromatic amines is 1. The Kier molecular flexibility index (Phi) is 4.75. The highest BCUT2D eigenvalue weighted by atomic mass is 16.3. The first-order valence-corrected chi connectivity index (χ1v) is 15.1. The summed E-state index contributed by atoms with van der Waals surface area (Å²) in [6.07, 6.45) is 0. The lowest BCUT2D eigenvalue weighted by Crippen LogP contribution is -1.90. The molecular formula is C42H25NO. The zero-order valence-corrected chi connectivity index (χ0v) is 23.8. The van der Waals surface area contributed by atoms with E-state index in [4.69, 9.17) is 4.42 Å². The van der Waals surface area contributed by atoms with Crippen LogP contribution in [-0.4, -0.2) is 4.98 Å². The Balaban J connectivity index is 1.27. The Morgan fingerprint density at radius 3 is 1.52 bits per heavy atom. The molecule has 2 aromatic heterocycles. The van der Waals surface area contributed by atoms with E-state index in [9.17, 15) is 0 Å². The number of aromatic nitrogens is 1. The van der Waals surface area contributed by atoms with E-state index in [1.807, 2.05) is 12.1 Å². The Bertz CT molecular complexity index is 2720. The van der Waals surface area contributed by atoms with Gasteiger partial charge < -0.3 is 9.40 Å². The molecule has 0 spiro atoms. The smallest absolute Gasteiger partial charge is 0.135 e. The number of rotatable bonds is 2. The van der Waals surface area contributed by atoms with Gasteiger partial charge >= 0.3 is 0 Å². The third-order valence-electron chi connectivity index (χ3n) is 9.35. The zero-order chi connectivity index (χ0) is 28.8. The Labute approximate surface area is 252 Å². The average molecular weight is 560 g/mol. The molecule has 2 heteroatoms. The molecule has 0 fully saturated rings. The number of hydrogen-bond acceptors (Lipinski definition) is 1. The number of benzene rings is 8. The summed E-state index contributed by atoms with van der Waals surface area (Å²) in [5, 5.41) is 12.3. The standard InChI is InChI=1S/C42H25NO/c1-2-10-26-24-38-35(21-25(26)9-1)34-22-27(17-19-37(34)43-38)41-30-12-3-5-14-32(30)42(33-15-6-4-13-31(33)41)28-18-20-40-36(23-28)29-11-7-8-16-39(29)44-40/h1-24,43H. The molecule has 0 aliphatic carbocycles. The van der Waals surface area contributed by atoms with Crippen molar-refractivity contribution in [2.24, 2.45) is 0 Å². The molecular weight excluding hydrogens is 534 g/mol. The largest absolute Gasteiger partial charge is 0.456 e. The van der Waals surface area contributed by atoms with Gasteiger partial charge in [-0.1, -0.05) is 103 Å². The fourth-order valence-corrected chi connectivity index (χ4v) is 7.38. The molecule has 8 aromatic carbocycles. The summed E-state index contributed by atoms with van der Waals surface area (Å²) in [6, 6.07) is 52.7. The molecule has 0 aliphatic rings. The molecule has 0 bridgehead atoms. The van der Waals surface area contributed by atoms with Crippen molar-refractivity contribution in [3.63, 3.8) is 0 Å². The first-order valence-electron chi connectivity index (χ1n) is 15.1. The number of H-pyrrole nitrogens is 1. The van der Waals surface area contributed by atoms with Gasteiger partial charge in [-0.15, -0.1) is 0 Å². The highest BCUT2D eigenvalue weighted by Gasteiger charge is 2.18. The summed E-state index contributed by atoms with van der Waals surface area (Å²) in [5.41, 5.74) is 9.11. The first-order chi connectivity index (χ1) is 21.8. The van der Waals surface area contributed by atoms with Crippen LogP contribution in [0, 0.1) is 0 Å². The highest BCUT2D eigenvalue weighted by Crippen LogP contribution is 2.45. The van der Waals surface area contributed by atoms with Gasteiger partial charge in [-0.05, 0) is 97.0 Å². The first kappa shape index (κ1) is 23.7. The van der Waals surface area contributed by atoms with E-state index in [2.05, 4.69) is 138 Å².